The van der Waals surface area contributed by atoms with E-state index in [4.69, 9.17) is 4.74 Å². The average molecular weight is 337 g/mol. The van der Waals surface area contributed by atoms with Gasteiger partial charge in [-0.2, -0.15) is 13.2 Å². The minimum Gasteiger partial charge on any atom is -0.375 e. The van der Waals surface area contributed by atoms with Crippen molar-refractivity contribution in [3.8, 4) is 0 Å². The number of benzene rings is 2. The predicted octanol–water partition coefficient (Wildman–Crippen LogP) is 3.75. The summed E-state index contributed by atoms with van der Waals surface area (Å²) < 4.78 is 43.4. The van der Waals surface area contributed by atoms with Gasteiger partial charge in [-0.1, -0.05) is 48.5 Å². The molecule has 1 atom stereocenters. The molecule has 128 valence electrons. The van der Waals surface area contributed by atoms with Crippen LogP contribution in [0.25, 0.3) is 0 Å². The van der Waals surface area contributed by atoms with E-state index in [2.05, 4.69) is 5.32 Å². The van der Waals surface area contributed by atoms with Crippen LogP contribution in [-0.4, -0.2) is 19.6 Å². The van der Waals surface area contributed by atoms with Gasteiger partial charge in [-0.05, 0) is 17.2 Å². The SMILES string of the molecule is COC(CNC(=O)Cc1cccc(C(F)(F)F)c1)c1ccccc1. The normalized spacial score (nSPS) is 12.7. The molecule has 0 aliphatic carbocycles. The van der Waals surface area contributed by atoms with Gasteiger partial charge in [0, 0.05) is 13.7 Å². The van der Waals surface area contributed by atoms with Crippen molar-refractivity contribution in [3.63, 3.8) is 0 Å². The number of carbonyl (C=O) groups excluding carboxylic acids is 1. The maximum absolute atomic E-state index is 12.7. The quantitative estimate of drug-likeness (QED) is 0.872. The third-order valence-corrected chi connectivity index (χ3v) is 3.56. The second kappa shape index (κ2) is 7.97. The number of nitrogens with one attached hydrogen (secondary N) is 1. The number of alkyl halides is 3. The van der Waals surface area contributed by atoms with Crippen molar-refractivity contribution in [2.24, 2.45) is 0 Å². The lowest BCUT2D eigenvalue weighted by Crippen LogP contribution is -2.30. The summed E-state index contributed by atoms with van der Waals surface area (Å²) in [7, 11) is 1.54. The van der Waals surface area contributed by atoms with E-state index in [0.29, 0.717) is 5.56 Å². The molecule has 0 saturated carbocycles. The van der Waals surface area contributed by atoms with E-state index < -0.39 is 11.7 Å². The lowest BCUT2D eigenvalue weighted by Gasteiger charge is -2.16. The van der Waals surface area contributed by atoms with Gasteiger partial charge in [-0.25, -0.2) is 0 Å². The second-order valence-corrected chi connectivity index (χ2v) is 5.31. The number of halogens is 3. The Bertz CT molecular complexity index is 671. The van der Waals surface area contributed by atoms with Gasteiger partial charge >= 0.3 is 6.18 Å². The third kappa shape index (κ3) is 5.09. The molecule has 1 N–H and O–H groups in total. The molecule has 2 rings (SSSR count). The summed E-state index contributed by atoms with van der Waals surface area (Å²) in [6, 6.07) is 14.1. The first-order valence-corrected chi connectivity index (χ1v) is 7.40. The second-order valence-electron chi connectivity index (χ2n) is 5.31. The first kappa shape index (κ1) is 18.0. The molecule has 0 aliphatic rings. The smallest absolute Gasteiger partial charge is 0.375 e. The van der Waals surface area contributed by atoms with E-state index in [1.807, 2.05) is 30.3 Å². The van der Waals surface area contributed by atoms with Crippen LogP contribution in [0.3, 0.4) is 0 Å². The Labute approximate surface area is 138 Å². The van der Waals surface area contributed by atoms with Crippen molar-refractivity contribution in [3.05, 3.63) is 71.3 Å². The molecule has 24 heavy (non-hydrogen) atoms. The molecule has 1 amide bonds. The molecule has 0 bridgehead atoms. The molecule has 1 unspecified atom stereocenters. The van der Waals surface area contributed by atoms with Crippen LogP contribution in [-0.2, 0) is 22.1 Å². The summed E-state index contributed by atoms with van der Waals surface area (Å²) in [5.41, 5.74) is 0.474. The van der Waals surface area contributed by atoms with Crippen LogP contribution in [0.5, 0.6) is 0 Å². The van der Waals surface area contributed by atoms with Gasteiger partial charge in [0.25, 0.3) is 0 Å². The van der Waals surface area contributed by atoms with Gasteiger partial charge in [0.05, 0.1) is 18.1 Å². The van der Waals surface area contributed by atoms with E-state index >= 15 is 0 Å². The lowest BCUT2D eigenvalue weighted by molar-refractivity contribution is -0.137. The summed E-state index contributed by atoms with van der Waals surface area (Å²) in [5, 5.41) is 2.69. The van der Waals surface area contributed by atoms with E-state index in [1.54, 1.807) is 0 Å². The number of amides is 1. The largest absolute Gasteiger partial charge is 0.416 e. The summed E-state index contributed by atoms with van der Waals surface area (Å²) in [6.45, 7) is 0.248. The Morgan fingerprint density at radius 1 is 1.12 bits per heavy atom. The van der Waals surface area contributed by atoms with Crippen molar-refractivity contribution >= 4 is 5.91 Å². The predicted molar refractivity (Wildman–Crippen MR) is 84.3 cm³/mol. The Morgan fingerprint density at radius 2 is 1.83 bits per heavy atom. The Hall–Kier alpha value is -2.34. The number of rotatable bonds is 6. The molecular weight excluding hydrogens is 319 g/mol. The minimum absolute atomic E-state index is 0.116. The van der Waals surface area contributed by atoms with Gasteiger partial charge in [-0.3, -0.25) is 4.79 Å². The maximum atomic E-state index is 12.7. The van der Waals surface area contributed by atoms with Crippen molar-refractivity contribution in [2.45, 2.75) is 18.7 Å². The van der Waals surface area contributed by atoms with Crippen LogP contribution in [0.4, 0.5) is 13.2 Å². The van der Waals surface area contributed by atoms with Crippen LogP contribution < -0.4 is 5.32 Å². The van der Waals surface area contributed by atoms with Gasteiger partial charge in [0.2, 0.25) is 5.91 Å². The molecule has 6 heteroatoms. The van der Waals surface area contributed by atoms with E-state index in [-0.39, 0.29) is 25.0 Å². The van der Waals surface area contributed by atoms with Crippen LogP contribution in [0, 0.1) is 0 Å². The first-order chi connectivity index (χ1) is 11.4. The fourth-order valence-corrected chi connectivity index (χ4v) is 2.32. The van der Waals surface area contributed by atoms with Gasteiger partial charge < -0.3 is 10.1 Å². The molecular formula is C18H18F3NO2. The molecule has 0 aliphatic heterocycles. The first-order valence-electron chi connectivity index (χ1n) is 7.40. The zero-order valence-corrected chi connectivity index (χ0v) is 13.1. The van der Waals surface area contributed by atoms with E-state index in [0.717, 1.165) is 17.7 Å². The number of hydrogen-bond donors (Lipinski definition) is 1. The zero-order chi connectivity index (χ0) is 17.6. The highest BCUT2D eigenvalue weighted by atomic mass is 19.4. The van der Waals surface area contributed by atoms with Crippen molar-refractivity contribution < 1.29 is 22.7 Å². The number of carbonyl (C=O) groups is 1. The van der Waals surface area contributed by atoms with Crippen LogP contribution in [0.1, 0.15) is 22.8 Å². The summed E-state index contributed by atoms with van der Waals surface area (Å²) in [6.07, 6.45) is -4.84. The highest BCUT2D eigenvalue weighted by molar-refractivity contribution is 5.78. The fourth-order valence-electron chi connectivity index (χ4n) is 2.32. The highest BCUT2D eigenvalue weighted by Gasteiger charge is 2.30. The van der Waals surface area contributed by atoms with E-state index in [9.17, 15) is 18.0 Å². The standard InChI is InChI=1S/C18H18F3NO2/c1-24-16(14-7-3-2-4-8-14)12-22-17(23)11-13-6-5-9-15(10-13)18(19,20)21/h2-10,16H,11-12H2,1H3,(H,22,23). The molecule has 0 fully saturated rings. The van der Waals surface area contributed by atoms with Crippen LogP contribution >= 0.6 is 0 Å². The maximum Gasteiger partial charge on any atom is 0.416 e. The average Bonchev–Trinajstić information content (AvgIpc) is 2.56. The van der Waals surface area contributed by atoms with Gasteiger partial charge in [-0.15, -0.1) is 0 Å². The third-order valence-electron chi connectivity index (χ3n) is 3.56. The van der Waals surface area contributed by atoms with Gasteiger partial charge in [0.15, 0.2) is 0 Å². The van der Waals surface area contributed by atoms with Crippen LogP contribution in [0.2, 0.25) is 0 Å². The number of ether oxygens (including phenoxy) is 1. The molecule has 0 spiro atoms. The Kier molecular flexibility index (Phi) is 5.98. The Morgan fingerprint density at radius 3 is 2.46 bits per heavy atom. The zero-order valence-electron chi connectivity index (χ0n) is 13.1. The topological polar surface area (TPSA) is 38.3 Å². The molecule has 0 radical (unpaired) electrons. The van der Waals surface area contributed by atoms with Crippen molar-refractivity contribution in [1.29, 1.82) is 0 Å². The molecule has 2 aromatic rings. The summed E-state index contributed by atoms with van der Waals surface area (Å²) in [4.78, 5) is 12.0. The Balaban J connectivity index is 1.94. The fraction of sp³-hybridized carbons (Fsp3) is 0.278. The number of methoxy groups -OCH3 is 1. The van der Waals surface area contributed by atoms with E-state index in [1.165, 1.54) is 19.2 Å². The molecule has 2 aromatic carbocycles. The summed E-state index contributed by atoms with van der Waals surface area (Å²) >= 11 is 0. The van der Waals surface area contributed by atoms with Gasteiger partial charge in [0.1, 0.15) is 0 Å². The molecule has 3 nitrogen and oxygen atoms in total. The minimum atomic E-state index is -4.42. The molecule has 0 aromatic heterocycles. The van der Waals surface area contributed by atoms with Crippen LogP contribution in [0.15, 0.2) is 54.6 Å². The summed E-state index contributed by atoms with van der Waals surface area (Å²) in [5.74, 6) is -0.354. The lowest BCUT2D eigenvalue weighted by atomic mass is 10.1. The number of hydrogen-bond acceptors (Lipinski definition) is 2. The van der Waals surface area contributed by atoms with Crippen molar-refractivity contribution in [1.82, 2.24) is 5.32 Å². The highest BCUT2D eigenvalue weighted by Crippen LogP contribution is 2.29. The van der Waals surface area contributed by atoms with Crippen molar-refractivity contribution in [2.75, 3.05) is 13.7 Å². The molecule has 0 saturated heterocycles. The molecule has 0 heterocycles. The monoisotopic (exact) mass is 337 g/mol.